The zero-order valence-corrected chi connectivity index (χ0v) is 11.9. The van der Waals surface area contributed by atoms with Gasteiger partial charge in [-0.1, -0.05) is 23.7 Å². The van der Waals surface area contributed by atoms with Gasteiger partial charge in [-0.15, -0.1) is 11.3 Å². The number of nitro benzene ring substituents is 1. The zero-order chi connectivity index (χ0) is 14.5. The monoisotopic (exact) mass is 310 g/mol. The van der Waals surface area contributed by atoms with Crippen molar-refractivity contribution in [2.75, 3.05) is 6.54 Å². The van der Waals surface area contributed by atoms with Crippen LogP contribution in [0.5, 0.6) is 0 Å². The molecule has 0 aliphatic heterocycles. The zero-order valence-electron chi connectivity index (χ0n) is 10.3. The second-order valence-electron chi connectivity index (χ2n) is 4.03. The molecule has 2 rings (SSSR count). The number of carbonyl (C=O) groups is 1. The van der Waals surface area contributed by atoms with E-state index in [2.05, 4.69) is 5.32 Å². The van der Waals surface area contributed by atoms with E-state index >= 15 is 0 Å². The number of nitro groups is 1. The van der Waals surface area contributed by atoms with Crippen molar-refractivity contribution < 1.29 is 9.72 Å². The van der Waals surface area contributed by atoms with Crippen molar-refractivity contribution in [3.05, 3.63) is 61.3 Å². The van der Waals surface area contributed by atoms with Gasteiger partial charge in [0.15, 0.2) is 0 Å². The highest BCUT2D eigenvalue weighted by atomic mass is 35.5. The maximum Gasteiger partial charge on any atom is 0.269 e. The van der Waals surface area contributed by atoms with Crippen molar-refractivity contribution in [1.82, 2.24) is 5.32 Å². The Labute approximate surface area is 124 Å². The minimum atomic E-state index is -0.437. The van der Waals surface area contributed by atoms with E-state index in [1.54, 1.807) is 23.6 Å². The Hall–Kier alpha value is -1.92. The molecule has 0 fully saturated rings. The van der Waals surface area contributed by atoms with E-state index in [1.165, 1.54) is 23.5 Å². The van der Waals surface area contributed by atoms with Crippen LogP contribution in [0.3, 0.4) is 0 Å². The van der Waals surface area contributed by atoms with E-state index in [4.69, 9.17) is 11.6 Å². The van der Waals surface area contributed by atoms with E-state index in [-0.39, 0.29) is 11.6 Å². The number of rotatable bonds is 5. The molecule has 0 bridgehead atoms. The average molecular weight is 311 g/mol. The molecule has 0 unspecified atom stereocenters. The molecule has 1 heterocycles. The third kappa shape index (κ3) is 3.55. The number of thiophene rings is 1. The van der Waals surface area contributed by atoms with Gasteiger partial charge in [-0.05, 0) is 23.4 Å². The molecule has 1 amide bonds. The van der Waals surface area contributed by atoms with Gasteiger partial charge < -0.3 is 5.32 Å². The van der Waals surface area contributed by atoms with Crippen LogP contribution in [0.1, 0.15) is 15.2 Å². The third-order valence-electron chi connectivity index (χ3n) is 2.64. The van der Waals surface area contributed by atoms with Crippen LogP contribution in [-0.2, 0) is 6.42 Å². The van der Waals surface area contributed by atoms with E-state index in [0.717, 1.165) is 5.56 Å². The largest absolute Gasteiger partial charge is 0.351 e. The third-order valence-corrected chi connectivity index (χ3v) is 3.98. The topological polar surface area (TPSA) is 72.2 Å². The fourth-order valence-corrected chi connectivity index (χ4v) is 2.74. The summed E-state index contributed by atoms with van der Waals surface area (Å²) in [5.74, 6) is -0.226. The van der Waals surface area contributed by atoms with Gasteiger partial charge in [0, 0.05) is 18.7 Å². The molecule has 0 aliphatic rings. The Morgan fingerprint density at radius 1 is 1.40 bits per heavy atom. The number of non-ortho nitro benzene ring substituents is 1. The van der Waals surface area contributed by atoms with Crippen LogP contribution >= 0.6 is 22.9 Å². The molecule has 7 heteroatoms. The van der Waals surface area contributed by atoms with Crippen molar-refractivity contribution >= 4 is 34.5 Å². The lowest BCUT2D eigenvalue weighted by Crippen LogP contribution is -2.25. The first-order chi connectivity index (χ1) is 9.58. The Bertz CT molecular complexity index is 642. The van der Waals surface area contributed by atoms with Gasteiger partial charge in [0.1, 0.15) is 4.88 Å². The highest BCUT2D eigenvalue weighted by molar-refractivity contribution is 7.12. The van der Waals surface area contributed by atoms with Gasteiger partial charge in [-0.25, -0.2) is 0 Å². The molecule has 0 atom stereocenters. The molecule has 0 saturated carbocycles. The van der Waals surface area contributed by atoms with Gasteiger partial charge in [0.25, 0.3) is 11.6 Å². The van der Waals surface area contributed by atoms with Gasteiger partial charge in [0.05, 0.1) is 9.95 Å². The van der Waals surface area contributed by atoms with E-state index in [9.17, 15) is 14.9 Å². The van der Waals surface area contributed by atoms with E-state index in [0.29, 0.717) is 22.9 Å². The Morgan fingerprint density at radius 2 is 2.20 bits per heavy atom. The van der Waals surface area contributed by atoms with E-state index in [1.807, 2.05) is 0 Å². The molecule has 1 aromatic heterocycles. The predicted octanol–water partition coefficient (Wildman–Crippen LogP) is 3.28. The minimum Gasteiger partial charge on any atom is -0.351 e. The lowest BCUT2D eigenvalue weighted by Gasteiger charge is -2.04. The Morgan fingerprint density at radius 3 is 2.85 bits per heavy atom. The van der Waals surface area contributed by atoms with Crippen LogP contribution in [0, 0.1) is 10.1 Å². The lowest BCUT2D eigenvalue weighted by atomic mass is 10.1. The van der Waals surface area contributed by atoms with Crippen LogP contribution in [-0.4, -0.2) is 17.4 Å². The van der Waals surface area contributed by atoms with Crippen LogP contribution in [0.4, 0.5) is 5.69 Å². The molecule has 1 N–H and O–H groups in total. The lowest BCUT2D eigenvalue weighted by molar-refractivity contribution is -0.384. The quantitative estimate of drug-likeness (QED) is 0.680. The molecule has 20 heavy (non-hydrogen) atoms. The molecule has 0 spiro atoms. The van der Waals surface area contributed by atoms with Gasteiger partial charge in [-0.3, -0.25) is 14.9 Å². The first kappa shape index (κ1) is 14.5. The molecule has 1 aromatic carbocycles. The fourth-order valence-electron chi connectivity index (χ4n) is 1.68. The second-order valence-corrected chi connectivity index (χ2v) is 5.35. The summed E-state index contributed by atoms with van der Waals surface area (Å²) in [7, 11) is 0. The summed E-state index contributed by atoms with van der Waals surface area (Å²) in [6, 6.07) is 8.03. The van der Waals surface area contributed by atoms with Gasteiger partial charge >= 0.3 is 0 Å². The minimum absolute atomic E-state index is 0.0510. The first-order valence-electron chi connectivity index (χ1n) is 5.82. The number of nitrogens with zero attached hydrogens (tertiary/aromatic N) is 1. The number of hydrogen-bond acceptors (Lipinski definition) is 4. The number of nitrogens with one attached hydrogen (secondary N) is 1. The van der Waals surface area contributed by atoms with Crippen LogP contribution in [0.15, 0.2) is 35.7 Å². The second kappa shape index (κ2) is 6.49. The summed E-state index contributed by atoms with van der Waals surface area (Å²) in [5, 5.41) is 15.6. The van der Waals surface area contributed by atoms with E-state index < -0.39 is 4.92 Å². The van der Waals surface area contributed by atoms with Crippen LogP contribution in [0.25, 0.3) is 0 Å². The average Bonchev–Trinajstić information content (AvgIpc) is 2.85. The Balaban J connectivity index is 1.90. The summed E-state index contributed by atoms with van der Waals surface area (Å²) in [6.45, 7) is 0.397. The van der Waals surface area contributed by atoms with Gasteiger partial charge in [0.2, 0.25) is 0 Å². The van der Waals surface area contributed by atoms with Crippen molar-refractivity contribution in [1.29, 1.82) is 0 Å². The summed E-state index contributed by atoms with van der Waals surface area (Å²) in [4.78, 5) is 22.5. The van der Waals surface area contributed by atoms with Crippen molar-refractivity contribution in [3.63, 3.8) is 0 Å². The Kier molecular flexibility index (Phi) is 4.70. The maximum atomic E-state index is 11.8. The number of halogens is 1. The summed E-state index contributed by atoms with van der Waals surface area (Å²) >= 11 is 7.14. The normalized spacial score (nSPS) is 10.2. The van der Waals surface area contributed by atoms with Crippen LogP contribution < -0.4 is 5.32 Å². The molecule has 104 valence electrons. The van der Waals surface area contributed by atoms with Crippen molar-refractivity contribution in [2.24, 2.45) is 0 Å². The molecule has 0 saturated heterocycles. The van der Waals surface area contributed by atoms with Crippen LogP contribution in [0.2, 0.25) is 5.02 Å². The van der Waals surface area contributed by atoms with Crippen molar-refractivity contribution in [2.45, 2.75) is 6.42 Å². The number of carbonyl (C=O) groups excluding carboxylic acids is 1. The summed E-state index contributed by atoms with van der Waals surface area (Å²) in [5.41, 5.74) is 0.854. The molecular formula is C13H11ClN2O3S. The highest BCUT2D eigenvalue weighted by Crippen LogP contribution is 2.21. The predicted molar refractivity (Wildman–Crippen MR) is 78.5 cm³/mol. The van der Waals surface area contributed by atoms with Crippen molar-refractivity contribution in [3.8, 4) is 0 Å². The number of amides is 1. The number of hydrogen-bond donors (Lipinski definition) is 1. The summed E-state index contributed by atoms with van der Waals surface area (Å²) < 4.78 is 0. The maximum absolute atomic E-state index is 11.8. The summed E-state index contributed by atoms with van der Waals surface area (Å²) in [6.07, 6.45) is 0.524. The highest BCUT2D eigenvalue weighted by Gasteiger charge is 2.11. The fraction of sp³-hybridized carbons (Fsp3) is 0.154. The number of benzene rings is 1. The SMILES string of the molecule is O=C(NCCc1cccc([N+](=O)[O-])c1)c1sccc1Cl. The molecule has 0 aliphatic carbocycles. The molecular weight excluding hydrogens is 300 g/mol. The molecule has 5 nitrogen and oxygen atoms in total. The first-order valence-corrected chi connectivity index (χ1v) is 7.08. The molecule has 2 aromatic rings. The van der Waals surface area contributed by atoms with Gasteiger partial charge in [-0.2, -0.15) is 0 Å². The smallest absolute Gasteiger partial charge is 0.269 e. The molecule has 0 radical (unpaired) electrons. The standard InChI is InChI=1S/C13H11ClN2O3S/c14-11-5-7-20-12(11)13(17)15-6-4-9-2-1-3-10(8-9)16(18)19/h1-3,5,7-8H,4,6H2,(H,15,17).